The van der Waals surface area contributed by atoms with E-state index in [0.717, 1.165) is 0 Å². The molecule has 72 valence electrons. The van der Waals surface area contributed by atoms with Crippen LogP contribution in [-0.4, -0.2) is 5.54 Å². The van der Waals surface area contributed by atoms with Gasteiger partial charge in [0.2, 0.25) is 0 Å². The van der Waals surface area contributed by atoms with Crippen LogP contribution in [0.4, 0.5) is 0 Å². The molecule has 1 fully saturated rings. The van der Waals surface area contributed by atoms with Crippen LogP contribution >= 0.6 is 0 Å². The average molecular weight is 169 g/mol. The monoisotopic (exact) mass is 169 g/mol. The lowest BCUT2D eigenvalue weighted by Crippen LogP contribution is -2.63. The van der Waals surface area contributed by atoms with Gasteiger partial charge in [-0.15, -0.1) is 0 Å². The van der Waals surface area contributed by atoms with Gasteiger partial charge in [-0.3, -0.25) is 0 Å². The lowest BCUT2D eigenvalue weighted by molar-refractivity contribution is -0.106. The molecule has 0 aromatic carbocycles. The van der Waals surface area contributed by atoms with E-state index in [0.29, 0.717) is 10.8 Å². The molecule has 0 saturated heterocycles. The lowest BCUT2D eigenvalue weighted by Gasteiger charge is -2.63. The Morgan fingerprint density at radius 3 is 1.75 bits per heavy atom. The van der Waals surface area contributed by atoms with Crippen LogP contribution in [0.3, 0.4) is 0 Å². The summed E-state index contributed by atoms with van der Waals surface area (Å²) in [5, 5.41) is 0. The molecule has 0 bridgehead atoms. The molecule has 1 unspecified atom stereocenters. The maximum atomic E-state index is 6.26. The van der Waals surface area contributed by atoms with Crippen molar-refractivity contribution in [2.24, 2.45) is 16.6 Å². The van der Waals surface area contributed by atoms with Gasteiger partial charge in [-0.05, 0) is 43.9 Å². The maximum absolute atomic E-state index is 6.26. The summed E-state index contributed by atoms with van der Waals surface area (Å²) in [5.74, 6) is 0. The predicted molar refractivity (Wildman–Crippen MR) is 54.0 cm³/mol. The van der Waals surface area contributed by atoms with Crippen LogP contribution in [0.15, 0.2) is 0 Å². The van der Waals surface area contributed by atoms with E-state index in [1.165, 1.54) is 19.3 Å². The molecule has 1 aliphatic rings. The van der Waals surface area contributed by atoms with Crippen molar-refractivity contribution in [3.8, 4) is 0 Å². The van der Waals surface area contributed by atoms with Gasteiger partial charge < -0.3 is 5.73 Å². The number of hydrogen-bond donors (Lipinski definition) is 1. The van der Waals surface area contributed by atoms with E-state index in [4.69, 9.17) is 5.73 Å². The van der Waals surface area contributed by atoms with Gasteiger partial charge in [0.1, 0.15) is 0 Å². The molecule has 0 amide bonds. The fourth-order valence-electron chi connectivity index (χ4n) is 3.23. The average Bonchev–Trinajstić information content (AvgIpc) is 1.84. The topological polar surface area (TPSA) is 26.0 Å². The van der Waals surface area contributed by atoms with Gasteiger partial charge >= 0.3 is 0 Å². The summed E-state index contributed by atoms with van der Waals surface area (Å²) in [5.41, 5.74) is 7.06. The van der Waals surface area contributed by atoms with Crippen molar-refractivity contribution in [3.63, 3.8) is 0 Å². The van der Waals surface area contributed by atoms with Gasteiger partial charge in [-0.1, -0.05) is 20.8 Å². The van der Waals surface area contributed by atoms with Crippen LogP contribution in [-0.2, 0) is 0 Å². The molecule has 0 heterocycles. The first-order chi connectivity index (χ1) is 5.27. The first-order valence-corrected chi connectivity index (χ1v) is 5.06. The molecule has 0 aromatic rings. The van der Waals surface area contributed by atoms with E-state index in [2.05, 4.69) is 34.6 Å². The minimum absolute atomic E-state index is 0.0243. The molecule has 12 heavy (non-hydrogen) atoms. The first-order valence-electron chi connectivity index (χ1n) is 5.06. The van der Waals surface area contributed by atoms with E-state index < -0.39 is 0 Å². The van der Waals surface area contributed by atoms with Crippen molar-refractivity contribution in [1.82, 2.24) is 0 Å². The molecule has 1 rings (SSSR count). The lowest BCUT2D eigenvalue weighted by atomic mass is 9.44. The molecule has 2 N–H and O–H groups in total. The van der Waals surface area contributed by atoms with Crippen molar-refractivity contribution in [2.75, 3.05) is 0 Å². The molecule has 0 radical (unpaired) electrons. The second kappa shape index (κ2) is 2.47. The Kier molecular flexibility index (Phi) is 2.07. The number of hydrogen-bond acceptors (Lipinski definition) is 1. The standard InChI is InChI=1S/C11H23N/c1-6-11(10(4,5)12)8-7-9(11,2)3/h6-8,12H2,1-5H3. The largest absolute Gasteiger partial charge is 0.325 e. The van der Waals surface area contributed by atoms with Crippen molar-refractivity contribution in [1.29, 1.82) is 0 Å². The number of rotatable bonds is 2. The second-order valence-electron chi connectivity index (χ2n) is 5.54. The minimum Gasteiger partial charge on any atom is -0.325 e. The van der Waals surface area contributed by atoms with Crippen LogP contribution in [0.5, 0.6) is 0 Å². The summed E-state index contributed by atoms with van der Waals surface area (Å²) in [4.78, 5) is 0. The highest BCUT2D eigenvalue weighted by Crippen LogP contribution is 2.62. The molecule has 1 heteroatoms. The smallest absolute Gasteiger partial charge is 0.0159 e. The number of nitrogens with two attached hydrogens (primary N) is 1. The maximum Gasteiger partial charge on any atom is 0.0159 e. The zero-order chi connectivity index (χ0) is 9.62. The Hall–Kier alpha value is -0.0400. The molecule has 1 atom stereocenters. The van der Waals surface area contributed by atoms with E-state index in [1.807, 2.05) is 0 Å². The summed E-state index contributed by atoms with van der Waals surface area (Å²) < 4.78 is 0. The Morgan fingerprint density at radius 2 is 1.75 bits per heavy atom. The van der Waals surface area contributed by atoms with Gasteiger partial charge in [0.15, 0.2) is 0 Å². The molecule has 1 saturated carbocycles. The highest BCUT2D eigenvalue weighted by molar-refractivity contribution is 5.10. The zero-order valence-electron chi connectivity index (χ0n) is 9.20. The Morgan fingerprint density at radius 1 is 1.25 bits per heavy atom. The second-order valence-corrected chi connectivity index (χ2v) is 5.54. The highest BCUT2D eigenvalue weighted by Gasteiger charge is 2.57. The van der Waals surface area contributed by atoms with Crippen LogP contribution < -0.4 is 5.73 Å². The summed E-state index contributed by atoms with van der Waals surface area (Å²) in [6.45, 7) is 11.3. The van der Waals surface area contributed by atoms with Gasteiger partial charge in [0, 0.05) is 5.54 Å². The molecule has 0 spiro atoms. The van der Waals surface area contributed by atoms with Crippen molar-refractivity contribution in [3.05, 3.63) is 0 Å². The first kappa shape index (κ1) is 10.0. The van der Waals surface area contributed by atoms with Crippen LogP contribution in [0.1, 0.15) is 53.9 Å². The summed E-state index contributed by atoms with van der Waals surface area (Å²) >= 11 is 0. The normalized spacial score (nSPS) is 34.5. The SMILES string of the molecule is CCC1(C(C)(C)N)CCC1(C)C. The summed E-state index contributed by atoms with van der Waals surface area (Å²) in [7, 11) is 0. The Labute approximate surface area is 76.7 Å². The molecular formula is C11H23N. The van der Waals surface area contributed by atoms with Crippen molar-refractivity contribution < 1.29 is 0 Å². The van der Waals surface area contributed by atoms with Crippen LogP contribution in [0.25, 0.3) is 0 Å². The Balaban J connectivity index is 2.93. The van der Waals surface area contributed by atoms with Crippen LogP contribution in [0.2, 0.25) is 0 Å². The predicted octanol–water partition coefficient (Wildman–Crippen LogP) is 2.94. The van der Waals surface area contributed by atoms with Crippen molar-refractivity contribution >= 4 is 0 Å². The molecule has 1 nitrogen and oxygen atoms in total. The quantitative estimate of drug-likeness (QED) is 0.675. The third kappa shape index (κ3) is 1.02. The molecule has 0 aliphatic heterocycles. The Bertz CT molecular complexity index is 160. The zero-order valence-corrected chi connectivity index (χ0v) is 9.20. The summed E-state index contributed by atoms with van der Waals surface area (Å²) in [6, 6.07) is 0. The van der Waals surface area contributed by atoms with Crippen molar-refractivity contribution in [2.45, 2.75) is 59.4 Å². The molecular weight excluding hydrogens is 146 g/mol. The summed E-state index contributed by atoms with van der Waals surface area (Å²) in [6.07, 6.45) is 3.85. The van der Waals surface area contributed by atoms with E-state index in [-0.39, 0.29) is 5.54 Å². The molecule has 0 aromatic heterocycles. The van der Waals surface area contributed by atoms with Crippen LogP contribution in [0, 0.1) is 10.8 Å². The fraction of sp³-hybridized carbons (Fsp3) is 1.00. The highest BCUT2D eigenvalue weighted by atomic mass is 14.8. The third-order valence-corrected chi connectivity index (χ3v) is 4.31. The van der Waals surface area contributed by atoms with E-state index in [9.17, 15) is 0 Å². The minimum atomic E-state index is -0.0243. The van der Waals surface area contributed by atoms with Gasteiger partial charge in [0.05, 0.1) is 0 Å². The van der Waals surface area contributed by atoms with Gasteiger partial charge in [-0.2, -0.15) is 0 Å². The van der Waals surface area contributed by atoms with E-state index >= 15 is 0 Å². The fourth-order valence-corrected chi connectivity index (χ4v) is 3.23. The van der Waals surface area contributed by atoms with E-state index in [1.54, 1.807) is 0 Å². The third-order valence-electron chi connectivity index (χ3n) is 4.31. The van der Waals surface area contributed by atoms with Gasteiger partial charge in [0.25, 0.3) is 0 Å². The molecule has 1 aliphatic carbocycles. The van der Waals surface area contributed by atoms with Gasteiger partial charge in [-0.25, -0.2) is 0 Å².